The molecule has 1 amide bonds. The molecule has 106 valence electrons. The highest BCUT2D eigenvalue weighted by molar-refractivity contribution is 7.12. The Morgan fingerprint density at radius 1 is 1.30 bits per heavy atom. The van der Waals surface area contributed by atoms with Gasteiger partial charge in [0.25, 0.3) is 5.91 Å². The molecule has 2 heterocycles. The number of hydrazone groups is 1. The topological polar surface area (TPSA) is 41.5 Å². The van der Waals surface area contributed by atoms with E-state index in [1.54, 1.807) is 22.7 Å². The van der Waals surface area contributed by atoms with Crippen molar-refractivity contribution < 1.29 is 4.79 Å². The number of carbonyl (C=O) groups excluding carboxylic acids is 1. The molecule has 20 heavy (non-hydrogen) atoms. The molecule has 0 bridgehead atoms. The van der Waals surface area contributed by atoms with Crippen molar-refractivity contribution in [1.29, 1.82) is 0 Å². The summed E-state index contributed by atoms with van der Waals surface area (Å²) in [5, 5.41) is 8.22. The molecule has 5 heteroatoms. The van der Waals surface area contributed by atoms with Gasteiger partial charge in [0, 0.05) is 10.3 Å². The third kappa shape index (κ3) is 3.16. The Morgan fingerprint density at radius 3 is 2.55 bits per heavy atom. The summed E-state index contributed by atoms with van der Waals surface area (Å²) in [6.07, 6.45) is 0. The number of carbonyl (C=O) groups is 1. The van der Waals surface area contributed by atoms with Gasteiger partial charge in [0.1, 0.15) is 0 Å². The molecule has 3 nitrogen and oxygen atoms in total. The first-order chi connectivity index (χ1) is 9.50. The van der Waals surface area contributed by atoms with Crippen molar-refractivity contribution in [3.05, 3.63) is 43.8 Å². The largest absolute Gasteiger partial charge is 0.272 e. The van der Waals surface area contributed by atoms with Crippen LogP contribution in [0, 0.1) is 19.8 Å². The summed E-state index contributed by atoms with van der Waals surface area (Å²) in [6.45, 7) is 8.13. The molecule has 1 N–H and O–H groups in total. The van der Waals surface area contributed by atoms with Gasteiger partial charge in [0.2, 0.25) is 0 Å². The van der Waals surface area contributed by atoms with Crippen LogP contribution in [0.15, 0.2) is 28.0 Å². The predicted molar refractivity (Wildman–Crippen MR) is 87.0 cm³/mol. The normalized spacial score (nSPS) is 11.9. The number of nitrogens with zero attached hydrogens (tertiary/aromatic N) is 1. The average molecular weight is 306 g/mol. The lowest BCUT2D eigenvalue weighted by Crippen LogP contribution is -2.22. The molecule has 0 atom stereocenters. The minimum Gasteiger partial charge on any atom is -0.267 e. The standard InChI is InChI=1S/C15H18N2OS2/c1-9(2)14(13-6-5-7-19-13)16-17-15(18)12-8-20-11(4)10(12)3/h5-9H,1-4H3,(H,17,18)/b16-14+. The maximum atomic E-state index is 12.2. The molecule has 0 saturated heterocycles. The molecule has 0 unspecified atom stereocenters. The Bertz CT molecular complexity index is 624. The fourth-order valence-corrected chi connectivity index (χ4v) is 3.53. The molecule has 0 spiro atoms. The van der Waals surface area contributed by atoms with Gasteiger partial charge in [-0.15, -0.1) is 22.7 Å². The van der Waals surface area contributed by atoms with E-state index in [0.717, 1.165) is 16.2 Å². The van der Waals surface area contributed by atoms with Crippen LogP contribution in [0.1, 0.15) is 39.5 Å². The van der Waals surface area contributed by atoms with Crippen molar-refractivity contribution in [2.75, 3.05) is 0 Å². The highest BCUT2D eigenvalue weighted by atomic mass is 32.1. The van der Waals surface area contributed by atoms with E-state index in [0.29, 0.717) is 5.56 Å². The molecule has 2 aromatic heterocycles. The SMILES string of the molecule is Cc1scc(C(=O)N/N=C(/c2cccs2)C(C)C)c1C. The summed E-state index contributed by atoms with van der Waals surface area (Å²) in [4.78, 5) is 14.4. The average Bonchev–Trinajstić information content (AvgIpc) is 3.01. The number of thiophene rings is 2. The molecular formula is C15H18N2OS2. The summed E-state index contributed by atoms with van der Waals surface area (Å²) in [6, 6.07) is 4.02. The molecule has 2 rings (SSSR count). The zero-order chi connectivity index (χ0) is 14.7. The number of amides is 1. The highest BCUT2D eigenvalue weighted by Crippen LogP contribution is 2.20. The molecule has 0 aliphatic carbocycles. The van der Waals surface area contributed by atoms with Gasteiger partial charge in [0.15, 0.2) is 0 Å². The van der Waals surface area contributed by atoms with Crippen LogP contribution >= 0.6 is 22.7 Å². The number of hydrogen-bond donors (Lipinski definition) is 1. The quantitative estimate of drug-likeness (QED) is 0.667. The fraction of sp³-hybridized carbons (Fsp3) is 0.333. The second-order valence-electron chi connectivity index (χ2n) is 4.90. The molecule has 2 aromatic rings. The van der Waals surface area contributed by atoms with Crippen molar-refractivity contribution in [2.45, 2.75) is 27.7 Å². The van der Waals surface area contributed by atoms with E-state index in [1.807, 2.05) is 36.7 Å². The van der Waals surface area contributed by atoms with Crippen molar-refractivity contribution in [3.8, 4) is 0 Å². The van der Waals surface area contributed by atoms with Crippen LogP contribution in [0.5, 0.6) is 0 Å². The van der Waals surface area contributed by atoms with Crippen molar-refractivity contribution in [1.82, 2.24) is 5.43 Å². The minimum atomic E-state index is -0.137. The maximum Gasteiger partial charge on any atom is 0.272 e. The summed E-state index contributed by atoms with van der Waals surface area (Å²) >= 11 is 3.22. The predicted octanol–water partition coefficient (Wildman–Crippen LogP) is 4.22. The number of rotatable bonds is 4. The summed E-state index contributed by atoms with van der Waals surface area (Å²) in [5.74, 6) is 0.126. The zero-order valence-electron chi connectivity index (χ0n) is 12.1. The molecule has 0 fully saturated rings. The molecule has 0 aromatic carbocycles. The fourth-order valence-electron chi connectivity index (χ4n) is 1.80. The Labute approximate surface area is 127 Å². The van der Waals surface area contributed by atoms with Gasteiger partial charge in [-0.3, -0.25) is 4.79 Å². The number of hydrogen-bond acceptors (Lipinski definition) is 4. The lowest BCUT2D eigenvalue weighted by atomic mass is 10.1. The van der Waals surface area contributed by atoms with Gasteiger partial charge in [0.05, 0.1) is 16.2 Å². The Balaban J connectivity index is 2.18. The Kier molecular flexibility index (Phi) is 4.73. The van der Waals surface area contributed by atoms with Gasteiger partial charge in [-0.2, -0.15) is 5.10 Å². The minimum absolute atomic E-state index is 0.137. The molecule has 0 radical (unpaired) electrons. The van der Waals surface area contributed by atoms with Crippen LogP contribution < -0.4 is 5.43 Å². The van der Waals surface area contributed by atoms with Gasteiger partial charge < -0.3 is 0 Å². The zero-order valence-corrected chi connectivity index (χ0v) is 13.7. The van der Waals surface area contributed by atoms with Crippen LogP contribution in [0.4, 0.5) is 0 Å². The van der Waals surface area contributed by atoms with Crippen molar-refractivity contribution in [3.63, 3.8) is 0 Å². The maximum absolute atomic E-state index is 12.2. The van der Waals surface area contributed by atoms with E-state index < -0.39 is 0 Å². The third-order valence-electron chi connectivity index (χ3n) is 3.13. The van der Waals surface area contributed by atoms with Crippen LogP contribution in [0.3, 0.4) is 0 Å². The van der Waals surface area contributed by atoms with Gasteiger partial charge in [-0.1, -0.05) is 19.9 Å². The number of aryl methyl sites for hydroxylation is 1. The smallest absolute Gasteiger partial charge is 0.267 e. The Hall–Kier alpha value is -1.46. The third-order valence-corrected chi connectivity index (χ3v) is 5.03. The second-order valence-corrected chi connectivity index (χ2v) is 6.93. The van der Waals surface area contributed by atoms with Gasteiger partial charge in [-0.05, 0) is 36.8 Å². The highest BCUT2D eigenvalue weighted by Gasteiger charge is 2.14. The van der Waals surface area contributed by atoms with Crippen molar-refractivity contribution >= 4 is 34.3 Å². The lowest BCUT2D eigenvalue weighted by Gasteiger charge is -2.08. The first-order valence-corrected chi connectivity index (χ1v) is 8.23. The monoisotopic (exact) mass is 306 g/mol. The summed E-state index contributed by atoms with van der Waals surface area (Å²) in [5.41, 5.74) is 5.35. The molecule has 0 aliphatic rings. The van der Waals surface area contributed by atoms with Gasteiger partial charge >= 0.3 is 0 Å². The van der Waals surface area contributed by atoms with Gasteiger partial charge in [-0.25, -0.2) is 5.43 Å². The first-order valence-electron chi connectivity index (χ1n) is 6.47. The second kappa shape index (κ2) is 6.33. The van der Waals surface area contributed by atoms with Crippen LogP contribution in [-0.2, 0) is 0 Å². The van der Waals surface area contributed by atoms with E-state index in [-0.39, 0.29) is 11.8 Å². The Morgan fingerprint density at radius 2 is 2.05 bits per heavy atom. The molecular weight excluding hydrogens is 288 g/mol. The van der Waals surface area contributed by atoms with E-state index in [2.05, 4.69) is 24.4 Å². The van der Waals surface area contributed by atoms with Crippen LogP contribution in [-0.4, -0.2) is 11.6 Å². The first kappa shape index (κ1) is 14.9. The molecule has 0 saturated carbocycles. The van der Waals surface area contributed by atoms with Crippen molar-refractivity contribution in [2.24, 2.45) is 11.0 Å². The van der Waals surface area contributed by atoms with E-state index >= 15 is 0 Å². The number of nitrogens with one attached hydrogen (secondary N) is 1. The van der Waals surface area contributed by atoms with E-state index in [4.69, 9.17) is 0 Å². The van der Waals surface area contributed by atoms with E-state index in [1.165, 1.54) is 4.88 Å². The summed E-state index contributed by atoms with van der Waals surface area (Å²) in [7, 11) is 0. The molecule has 0 aliphatic heterocycles. The van der Waals surface area contributed by atoms with Crippen LogP contribution in [0.2, 0.25) is 0 Å². The van der Waals surface area contributed by atoms with E-state index in [9.17, 15) is 4.79 Å². The van der Waals surface area contributed by atoms with Crippen LogP contribution in [0.25, 0.3) is 0 Å². The lowest BCUT2D eigenvalue weighted by molar-refractivity contribution is 0.0954. The summed E-state index contributed by atoms with van der Waals surface area (Å²) < 4.78 is 0.